The first-order valence-corrected chi connectivity index (χ1v) is 10.3. The molecule has 0 aromatic heterocycles. The summed E-state index contributed by atoms with van der Waals surface area (Å²) in [5, 5.41) is 9.45. The molecule has 0 aliphatic carbocycles. The molecule has 0 N–H and O–H groups in total. The van der Waals surface area contributed by atoms with Crippen LogP contribution in [-0.2, 0) is 10.0 Å². The fourth-order valence-electron chi connectivity index (χ4n) is 2.93. The number of benzene rings is 2. The van der Waals surface area contributed by atoms with Gasteiger partial charge in [-0.2, -0.15) is 9.57 Å². The molecule has 0 spiro atoms. The van der Waals surface area contributed by atoms with Crippen molar-refractivity contribution in [2.24, 2.45) is 0 Å². The predicted octanol–water partition coefficient (Wildman–Crippen LogP) is 3.77. The van der Waals surface area contributed by atoms with E-state index in [9.17, 15) is 8.42 Å². The van der Waals surface area contributed by atoms with Crippen LogP contribution in [0.3, 0.4) is 0 Å². The second-order valence-electron chi connectivity index (χ2n) is 5.98. The van der Waals surface area contributed by atoms with E-state index in [0.29, 0.717) is 36.6 Å². The highest BCUT2D eigenvalue weighted by Gasteiger charge is 2.27. The van der Waals surface area contributed by atoms with Crippen LogP contribution in [-0.4, -0.2) is 38.9 Å². The minimum absolute atomic E-state index is 0.152. The van der Waals surface area contributed by atoms with Gasteiger partial charge in [0.15, 0.2) is 0 Å². The Morgan fingerprint density at radius 1 is 0.923 bits per heavy atom. The summed E-state index contributed by atoms with van der Waals surface area (Å²) in [6.45, 7) is 2.14. The number of nitrogens with zero attached hydrogens (tertiary/aromatic N) is 3. The molecule has 5 nitrogen and oxygen atoms in total. The van der Waals surface area contributed by atoms with Crippen LogP contribution in [0.15, 0.2) is 47.4 Å². The Labute approximate surface area is 163 Å². The minimum atomic E-state index is -3.62. The van der Waals surface area contributed by atoms with Crippen LogP contribution in [0.1, 0.15) is 12.0 Å². The first kappa shape index (κ1) is 19.0. The number of nitriles is 1. The van der Waals surface area contributed by atoms with Crippen molar-refractivity contribution in [1.29, 1.82) is 5.26 Å². The van der Waals surface area contributed by atoms with Crippen molar-refractivity contribution >= 4 is 38.9 Å². The zero-order valence-corrected chi connectivity index (χ0v) is 16.2. The summed E-state index contributed by atoms with van der Waals surface area (Å²) in [7, 11) is -3.62. The molecular formula is C18H17Cl2N3O2S. The molecule has 1 aliphatic rings. The molecule has 26 heavy (non-hydrogen) atoms. The van der Waals surface area contributed by atoms with Gasteiger partial charge < -0.3 is 4.90 Å². The Balaban J connectivity index is 1.76. The second kappa shape index (κ2) is 7.85. The van der Waals surface area contributed by atoms with Gasteiger partial charge in [0, 0.05) is 31.9 Å². The van der Waals surface area contributed by atoms with Crippen LogP contribution >= 0.6 is 23.2 Å². The number of sulfonamides is 1. The summed E-state index contributed by atoms with van der Waals surface area (Å²) >= 11 is 11.9. The highest BCUT2D eigenvalue weighted by Crippen LogP contribution is 2.27. The summed E-state index contributed by atoms with van der Waals surface area (Å²) in [5.41, 5.74) is 1.59. The highest BCUT2D eigenvalue weighted by atomic mass is 35.5. The molecule has 2 aromatic carbocycles. The molecule has 3 rings (SSSR count). The quantitative estimate of drug-likeness (QED) is 0.773. The van der Waals surface area contributed by atoms with Crippen molar-refractivity contribution < 1.29 is 8.42 Å². The predicted molar refractivity (Wildman–Crippen MR) is 103 cm³/mol. The zero-order chi connectivity index (χ0) is 18.7. The molecule has 0 radical (unpaired) electrons. The maximum Gasteiger partial charge on any atom is 0.243 e. The van der Waals surface area contributed by atoms with Crippen LogP contribution in [0, 0.1) is 11.3 Å². The average molecular weight is 410 g/mol. The zero-order valence-electron chi connectivity index (χ0n) is 13.9. The Kier molecular flexibility index (Phi) is 5.73. The normalized spacial score (nSPS) is 16.1. The second-order valence-corrected chi connectivity index (χ2v) is 8.73. The molecule has 0 atom stereocenters. The van der Waals surface area contributed by atoms with Gasteiger partial charge in [-0.15, -0.1) is 0 Å². The van der Waals surface area contributed by atoms with Gasteiger partial charge in [0.05, 0.1) is 26.6 Å². The molecule has 2 aromatic rings. The fraction of sp³-hybridized carbons (Fsp3) is 0.278. The highest BCUT2D eigenvalue weighted by molar-refractivity contribution is 7.89. The molecule has 0 bridgehead atoms. The largest absolute Gasteiger partial charge is 0.370 e. The third kappa shape index (κ3) is 3.97. The summed E-state index contributed by atoms with van der Waals surface area (Å²) in [4.78, 5) is 2.28. The lowest BCUT2D eigenvalue weighted by atomic mass is 10.2. The molecule has 1 heterocycles. The first-order valence-electron chi connectivity index (χ1n) is 8.12. The Morgan fingerprint density at radius 3 is 2.31 bits per heavy atom. The number of anilines is 1. The van der Waals surface area contributed by atoms with Gasteiger partial charge >= 0.3 is 0 Å². The van der Waals surface area contributed by atoms with Crippen LogP contribution in [0.5, 0.6) is 0 Å². The molecule has 0 amide bonds. The molecule has 136 valence electrons. The van der Waals surface area contributed by atoms with Gasteiger partial charge in [-0.3, -0.25) is 0 Å². The van der Waals surface area contributed by atoms with E-state index in [0.717, 1.165) is 12.2 Å². The van der Waals surface area contributed by atoms with Gasteiger partial charge in [0.25, 0.3) is 0 Å². The van der Waals surface area contributed by atoms with Crippen LogP contribution in [0.2, 0.25) is 10.0 Å². The summed E-state index contributed by atoms with van der Waals surface area (Å²) in [6.07, 6.45) is 0.709. The van der Waals surface area contributed by atoms with E-state index in [1.54, 1.807) is 12.1 Å². The lowest BCUT2D eigenvalue weighted by Gasteiger charge is -2.23. The van der Waals surface area contributed by atoms with Crippen molar-refractivity contribution in [3.63, 3.8) is 0 Å². The number of hydrogen-bond donors (Lipinski definition) is 0. The monoisotopic (exact) mass is 409 g/mol. The first-order chi connectivity index (χ1) is 12.4. The van der Waals surface area contributed by atoms with E-state index in [2.05, 4.69) is 11.0 Å². The molecule has 0 unspecified atom stereocenters. The van der Waals surface area contributed by atoms with Gasteiger partial charge in [-0.05, 0) is 48.9 Å². The van der Waals surface area contributed by atoms with Crippen molar-refractivity contribution in [3.8, 4) is 6.07 Å². The van der Waals surface area contributed by atoms with Crippen LogP contribution in [0.25, 0.3) is 0 Å². The third-order valence-electron chi connectivity index (χ3n) is 4.35. The molecule has 1 fully saturated rings. The Bertz CT molecular complexity index is 940. The van der Waals surface area contributed by atoms with E-state index in [1.165, 1.54) is 22.5 Å². The molecule has 0 saturated carbocycles. The Morgan fingerprint density at radius 2 is 1.65 bits per heavy atom. The maximum atomic E-state index is 12.9. The number of hydrogen-bond acceptors (Lipinski definition) is 4. The number of halogens is 2. The lowest BCUT2D eigenvalue weighted by Crippen LogP contribution is -2.35. The van der Waals surface area contributed by atoms with E-state index < -0.39 is 10.0 Å². The summed E-state index contributed by atoms with van der Waals surface area (Å²) < 4.78 is 27.3. The lowest BCUT2D eigenvalue weighted by molar-refractivity contribution is 0.433. The van der Waals surface area contributed by atoms with E-state index in [-0.39, 0.29) is 9.92 Å². The third-order valence-corrected chi connectivity index (χ3v) is 6.98. The van der Waals surface area contributed by atoms with Crippen LogP contribution < -0.4 is 4.90 Å². The SMILES string of the molecule is N#Cc1ccc(N2CCCN(S(=O)(=O)c3ccc(Cl)c(Cl)c3)CC2)cc1. The standard InChI is InChI=1S/C18H17Cl2N3O2S/c19-17-7-6-16(12-18(17)20)26(24,25)23-9-1-8-22(10-11-23)15-4-2-14(13-21)3-5-15/h2-7,12H,1,8-11H2. The van der Waals surface area contributed by atoms with Crippen molar-refractivity contribution in [2.45, 2.75) is 11.3 Å². The van der Waals surface area contributed by atoms with Crippen molar-refractivity contribution in [2.75, 3.05) is 31.1 Å². The van der Waals surface area contributed by atoms with Crippen molar-refractivity contribution in [3.05, 3.63) is 58.1 Å². The van der Waals surface area contributed by atoms with E-state index >= 15 is 0 Å². The molecule has 1 aliphatic heterocycles. The maximum absolute atomic E-state index is 12.9. The van der Waals surface area contributed by atoms with Gasteiger partial charge in [-0.25, -0.2) is 8.42 Å². The smallest absolute Gasteiger partial charge is 0.243 e. The van der Waals surface area contributed by atoms with E-state index in [1.807, 2.05) is 12.1 Å². The summed E-state index contributed by atoms with van der Waals surface area (Å²) in [5.74, 6) is 0. The van der Waals surface area contributed by atoms with Crippen LogP contribution in [0.4, 0.5) is 5.69 Å². The molecule has 1 saturated heterocycles. The number of rotatable bonds is 3. The van der Waals surface area contributed by atoms with Crippen molar-refractivity contribution in [1.82, 2.24) is 4.31 Å². The van der Waals surface area contributed by atoms with E-state index in [4.69, 9.17) is 28.5 Å². The average Bonchev–Trinajstić information content (AvgIpc) is 2.90. The fourth-order valence-corrected chi connectivity index (χ4v) is 4.78. The minimum Gasteiger partial charge on any atom is -0.370 e. The van der Waals surface area contributed by atoms with Gasteiger partial charge in [0.1, 0.15) is 0 Å². The molecular weight excluding hydrogens is 393 g/mol. The van der Waals surface area contributed by atoms with Gasteiger partial charge in [-0.1, -0.05) is 23.2 Å². The Hall–Kier alpha value is -1.78. The topological polar surface area (TPSA) is 64.4 Å². The summed E-state index contributed by atoms with van der Waals surface area (Å²) in [6, 6.07) is 13.8. The molecule has 8 heteroatoms. The van der Waals surface area contributed by atoms with Gasteiger partial charge in [0.2, 0.25) is 10.0 Å².